The minimum absolute atomic E-state index is 0.00594. The molecule has 1 aromatic rings. The molecule has 0 bridgehead atoms. The minimum Gasteiger partial charge on any atom is -0.480 e. The molecule has 0 spiro atoms. The molecule has 0 aliphatic heterocycles. The molecular weight excluding hydrogens is 341 g/mol. The molecular formula is C15H17ClFN3O4. The molecule has 0 aliphatic rings. The van der Waals surface area contributed by atoms with Crippen molar-refractivity contribution in [3.63, 3.8) is 0 Å². The van der Waals surface area contributed by atoms with Crippen LogP contribution in [-0.2, 0) is 14.3 Å². The van der Waals surface area contributed by atoms with E-state index in [0.717, 1.165) is 6.21 Å². The van der Waals surface area contributed by atoms with E-state index in [2.05, 4.69) is 10.2 Å². The van der Waals surface area contributed by atoms with Crippen molar-refractivity contribution < 1.29 is 23.8 Å². The lowest BCUT2D eigenvalue weighted by Crippen LogP contribution is -2.25. The van der Waals surface area contributed by atoms with Crippen molar-refractivity contribution in [3.8, 4) is 0 Å². The summed E-state index contributed by atoms with van der Waals surface area (Å²) in [5, 5.41) is 17.0. The second-order valence-corrected chi connectivity index (χ2v) is 4.61. The van der Waals surface area contributed by atoms with Gasteiger partial charge in [0.2, 0.25) is 0 Å². The lowest BCUT2D eigenvalue weighted by molar-refractivity contribution is -0.138. The highest BCUT2D eigenvalue weighted by atomic mass is 35.5. The fourth-order valence-corrected chi connectivity index (χ4v) is 1.76. The standard InChI is InChI=1S/C15H17ClFN3O4/c1-3-23-14(21)12(15(22)24-4-2)13(18)20-19-8-9-10(16)6-5-7-11(9)17/h5-8,21H,3-4H2,1-2H3,(H2,18,20). The predicted molar refractivity (Wildman–Crippen MR) is 88.5 cm³/mol. The van der Waals surface area contributed by atoms with E-state index in [-0.39, 0.29) is 23.8 Å². The number of amidine groups is 1. The normalized spacial score (nSPS) is 12.9. The number of hydrogen-bond donors (Lipinski definition) is 2. The number of aliphatic hydroxyl groups is 1. The van der Waals surface area contributed by atoms with Gasteiger partial charge in [0.15, 0.2) is 11.4 Å². The van der Waals surface area contributed by atoms with Gasteiger partial charge in [-0.1, -0.05) is 17.7 Å². The highest BCUT2D eigenvalue weighted by Crippen LogP contribution is 2.16. The first-order chi connectivity index (χ1) is 11.4. The number of hydrogen-bond acceptors (Lipinski definition) is 6. The zero-order valence-corrected chi connectivity index (χ0v) is 13.9. The molecule has 0 radical (unpaired) electrons. The van der Waals surface area contributed by atoms with E-state index in [9.17, 15) is 14.3 Å². The Balaban J connectivity index is 3.12. The van der Waals surface area contributed by atoms with Crippen LogP contribution in [0.5, 0.6) is 0 Å². The fraction of sp³-hybridized carbons (Fsp3) is 0.267. The van der Waals surface area contributed by atoms with Gasteiger partial charge in [-0.25, -0.2) is 9.18 Å². The zero-order valence-electron chi connectivity index (χ0n) is 13.1. The van der Waals surface area contributed by atoms with Gasteiger partial charge in [-0.05, 0) is 26.0 Å². The summed E-state index contributed by atoms with van der Waals surface area (Å²) >= 11 is 5.84. The predicted octanol–water partition coefficient (Wildman–Crippen LogP) is 2.54. The van der Waals surface area contributed by atoms with E-state index in [1.54, 1.807) is 13.8 Å². The first kappa shape index (κ1) is 19.4. The molecule has 24 heavy (non-hydrogen) atoms. The lowest BCUT2D eigenvalue weighted by Gasteiger charge is -2.08. The van der Waals surface area contributed by atoms with Gasteiger partial charge in [-0.2, -0.15) is 5.10 Å². The first-order valence-electron chi connectivity index (χ1n) is 6.96. The number of rotatable bonds is 7. The molecule has 0 saturated heterocycles. The highest BCUT2D eigenvalue weighted by Gasteiger charge is 2.22. The SMILES string of the molecule is CCOC(=O)C(C(N)=NN=Cc1c(F)cccc1Cl)=C(O)OCC. The summed E-state index contributed by atoms with van der Waals surface area (Å²) in [4.78, 5) is 11.8. The van der Waals surface area contributed by atoms with Gasteiger partial charge in [0.25, 0.3) is 5.95 Å². The van der Waals surface area contributed by atoms with E-state index < -0.39 is 29.1 Å². The largest absolute Gasteiger partial charge is 0.480 e. The number of nitrogens with two attached hydrogens (primary N) is 1. The Kier molecular flexibility index (Phi) is 7.70. The summed E-state index contributed by atoms with van der Waals surface area (Å²) in [6, 6.07) is 4.11. The van der Waals surface area contributed by atoms with Crippen LogP contribution in [0.4, 0.5) is 4.39 Å². The number of aliphatic hydroxyl groups excluding tert-OH is 1. The smallest absolute Gasteiger partial charge is 0.349 e. The summed E-state index contributed by atoms with van der Waals surface area (Å²) in [6.07, 6.45) is 1.03. The molecule has 0 atom stereocenters. The van der Waals surface area contributed by atoms with E-state index in [0.29, 0.717) is 0 Å². The number of benzene rings is 1. The number of halogens is 2. The molecule has 0 unspecified atom stereocenters. The van der Waals surface area contributed by atoms with Crippen molar-refractivity contribution in [3.05, 3.63) is 46.1 Å². The fourth-order valence-electron chi connectivity index (χ4n) is 1.55. The van der Waals surface area contributed by atoms with Gasteiger partial charge < -0.3 is 20.3 Å². The van der Waals surface area contributed by atoms with Crippen LogP contribution in [0.1, 0.15) is 19.4 Å². The number of carbonyl (C=O) groups is 1. The lowest BCUT2D eigenvalue weighted by atomic mass is 10.2. The third kappa shape index (κ3) is 5.24. The maximum absolute atomic E-state index is 13.6. The summed E-state index contributed by atoms with van der Waals surface area (Å²) in [6.45, 7) is 3.34. The molecule has 0 aromatic heterocycles. The van der Waals surface area contributed by atoms with Crippen molar-refractivity contribution in [2.45, 2.75) is 13.8 Å². The summed E-state index contributed by atoms with van der Waals surface area (Å²) < 4.78 is 23.2. The maximum Gasteiger partial charge on any atom is 0.349 e. The van der Waals surface area contributed by atoms with Crippen LogP contribution in [0.25, 0.3) is 0 Å². The molecule has 0 fully saturated rings. The maximum atomic E-state index is 13.6. The Labute approximate surface area is 143 Å². The van der Waals surface area contributed by atoms with Crippen molar-refractivity contribution in [2.24, 2.45) is 15.9 Å². The van der Waals surface area contributed by atoms with Crippen molar-refractivity contribution in [2.75, 3.05) is 13.2 Å². The molecule has 9 heteroatoms. The molecule has 7 nitrogen and oxygen atoms in total. The Bertz CT molecular complexity index is 669. The van der Waals surface area contributed by atoms with Crippen molar-refractivity contribution in [1.82, 2.24) is 0 Å². The Morgan fingerprint density at radius 1 is 1.38 bits per heavy atom. The summed E-state index contributed by atoms with van der Waals surface area (Å²) in [5.74, 6) is -2.72. The van der Waals surface area contributed by atoms with Crippen molar-refractivity contribution in [1.29, 1.82) is 0 Å². The third-order valence-electron chi connectivity index (χ3n) is 2.58. The summed E-state index contributed by atoms with van der Waals surface area (Å²) in [5.41, 5.74) is 5.16. The Morgan fingerprint density at radius 2 is 2.04 bits per heavy atom. The monoisotopic (exact) mass is 357 g/mol. The van der Waals surface area contributed by atoms with Gasteiger partial charge in [0.1, 0.15) is 5.82 Å². The van der Waals surface area contributed by atoms with Crippen molar-refractivity contribution >= 4 is 29.6 Å². The van der Waals surface area contributed by atoms with E-state index in [1.807, 2.05) is 0 Å². The second-order valence-electron chi connectivity index (χ2n) is 4.20. The average molecular weight is 358 g/mol. The number of nitrogens with zero attached hydrogens (tertiary/aromatic N) is 2. The molecule has 0 amide bonds. The summed E-state index contributed by atoms with van der Waals surface area (Å²) in [7, 11) is 0. The zero-order chi connectivity index (χ0) is 18.1. The van der Waals surface area contributed by atoms with Crippen LogP contribution in [0, 0.1) is 5.82 Å². The average Bonchev–Trinajstić information content (AvgIpc) is 2.51. The Hall–Kier alpha value is -2.61. The van der Waals surface area contributed by atoms with Crippen LogP contribution in [0.15, 0.2) is 39.9 Å². The molecule has 1 aromatic carbocycles. The van der Waals surface area contributed by atoms with Crippen LogP contribution in [-0.4, -0.2) is 36.3 Å². The van der Waals surface area contributed by atoms with E-state index in [4.69, 9.17) is 26.8 Å². The number of esters is 1. The third-order valence-corrected chi connectivity index (χ3v) is 2.91. The first-order valence-corrected chi connectivity index (χ1v) is 7.34. The van der Waals surface area contributed by atoms with Crippen LogP contribution < -0.4 is 5.73 Å². The van der Waals surface area contributed by atoms with E-state index in [1.165, 1.54) is 18.2 Å². The van der Waals surface area contributed by atoms with Crippen LogP contribution in [0.3, 0.4) is 0 Å². The number of carbonyl (C=O) groups excluding carboxylic acids is 1. The molecule has 130 valence electrons. The topological polar surface area (TPSA) is 107 Å². The molecule has 3 N–H and O–H groups in total. The highest BCUT2D eigenvalue weighted by molar-refractivity contribution is 6.33. The van der Waals surface area contributed by atoms with E-state index >= 15 is 0 Å². The number of ether oxygens (including phenoxy) is 2. The molecule has 0 saturated carbocycles. The second kappa shape index (κ2) is 9.51. The Morgan fingerprint density at radius 3 is 2.62 bits per heavy atom. The van der Waals surface area contributed by atoms with Crippen LogP contribution in [0.2, 0.25) is 5.02 Å². The molecule has 0 aliphatic carbocycles. The van der Waals surface area contributed by atoms with Gasteiger partial charge in [-0.15, -0.1) is 5.10 Å². The van der Waals surface area contributed by atoms with Gasteiger partial charge >= 0.3 is 5.97 Å². The molecule has 1 rings (SSSR count). The minimum atomic E-state index is -0.927. The van der Waals surface area contributed by atoms with Crippen LogP contribution >= 0.6 is 11.6 Å². The van der Waals surface area contributed by atoms with Gasteiger partial charge in [0.05, 0.1) is 24.5 Å². The van der Waals surface area contributed by atoms with Gasteiger partial charge in [0, 0.05) is 5.56 Å². The molecule has 0 heterocycles. The van der Waals surface area contributed by atoms with Gasteiger partial charge in [-0.3, -0.25) is 0 Å². The quantitative estimate of drug-likeness (QED) is 0.195.